The van der Waals surface area contributed by atoms with Crippen molar-refractivity contribution in [2.75, 3.05) is 13.2 Å². The largest absolute Gasteiger partial charge is 0.490 e. The number of ether oxygens (including phenoxy) is 2. The molecule has 42 heavy (non-hydrogen) atoms. The number of aromatic nitrogens is 5. The van der Waals surface area contributed by atoms with E-state index in [1.54, 1.807) is 26.8 Å². The molecule has 0 radical (unpaired) electrons. The molecule has 0 amide bonds. The number of nitrogens with zero attached hydrogens (tertiary/aromatic N) is 5. The number of Topliss-reactive ketones (excluding diaryl/α,β-unsaturated/α-hetero) is 1. The standard InChI is InChI=1S/C30H36FN5O5S/c1-18(2)16-24(37)30(4,5)35-26(38)25-19(3)27(36-32-11-12-33-36)42-28(25)34(29(35)39)13-8-20-17-21(31)6-7-23(20)41-22-9-14-40-15-10-22/h6-7,11-12,17-18,22H,8-10,13-16H2,1-5H3. The van der Waals surface area contributed by atoms with Gasteiger partial charge in [-0.25, -0.2) is 13.8 Å². The summed E-state index contributed by atoms with van der Waals surface area (Å²) in [5, 5.41) is 9.38. The fourth-order valence-electron chi connectivity index (χ4n) is 5.35. The predicted molar refractivity (Wildman–Crippen MR) is 158 cm³/mol. The third kappa shape index (κ3) is 5.69. The third-order valence-corrected chi connectivity index (χ3v) is 8.99. The number of thiophene rings is 1. The fraction of sp³-hybridized carbons (Fsp3) is 0.500. The maximum atomic E-state index is 14.4. The lowest BCUT2D eigenvalue weighted by molar-refractivity contribution is -0.127. The van der Waals surface area contributed by atoms with Crippen LogP contribution in [0.4, 0.5) is 4.39 Å². The second-order valence-corrected chi connectivity index (χ2v) is 12.6. The predicted octanol–water partition coefficient (Wildman–Crippen LogP) is 4.40. The van der Waals surface area contributed by atoms with Crippen LogP contribution < -0.4 is 16.0 Å². The van der Waals surface area contributed by atoms with Gasteiger partial charge in [0.1, 0.15) is 33.0 Å². The van der Waals surface area contributed by atoms with Crippen molar-refractivity contribution < 1.29 is 18.7 Å². The summed E-state index contributed by atoms with van der Waals surface area (Å²) < 4.78 is 28.7. The molecule has 0 N–H and O–H groups in total. The van der Waals surface area contributed by atoms with Crippen molar-refractivity contribution in [2.24, 2.45) is 5.92 Å². The highest BCUT2D eigenvalue weighted by atomic mass is 32.1. The highest BCUT2D eigenvalue weighted by molar-refractivity contribution is 7.21. The average molecular weight is 598 g/mol. The number of hydrogen-bond acceptors (Lipinski definition) is 8. The molecule has 0 aliphatic carbocycles. The summed E-state index contributed by atoms with van der Waals surface area (Å²) in [7, 11) is 0. The molecular weight excluding hydrogens is 561 g/mol. The van der Waals surface area contributed by atoms with E-state index < -0.39 is 22.6 Å². The highest BCUT2D eigenvalue weighted by Crippen LogP contribution is 2.32. The minimum Gasteiger partial charge on any atom is -0.490 e. The fourth-order valence-corrected chi connectivity index (χ4v) is 6.58. The molecule has 0 spiro atoms. The van der Waals surface area contributed by atoms with E-state index >= 15 is 0 Å². The Labute approximate surface area is 246 Å². The number of benzene rings is 1. The Bertz CT molecular complexity index is 1710. The first-order chi connectivity index (χ1) is 20.0. The molecule has 224 valence electrons. The molecule has 1 aromatic carbocycles. The molecule has 1 aliphatic heterocycles. The first-order valence-corrected chi connectivity index (χ1v) is 15.0. The third-order valence-electron chi connectivity index (χ3n) is 7.71. The number of ketones is 1. The normalized spacial score (nSPS) is 14.6. The van der Waals surface area contributed by atoms with E-state index in [2.05, 4.69) is 10.2 Å². The van der Waals surface area contributed by atoms with E-state index in [1.165, 1.54) is 45.2 Å². The monoisotopic (exact) mass is 597 g/mol. The summed E-state index contributed by atoms with van der Waals surface area (Å²) in [6, 6.07) is 4.39. The zero-order valence-electron chi connectivity index (χ0n) is 24.6. The number of halogens is 1. The first kappa shape index (κ1) is 29.8. The van der Waals surface area contributed by atoms with Gasteiger partial charge >= 0.3 is 5.69 Å². The lowest BCUT2D eigenvalue weighted by Crippen LogP contribution is -2.52. The Morgan fingerprint density at radius 2 is 1.88 bits per heavy atom. The molecule has 0 saturated carbocycles. The molecule has 1 saturated heterocycles. The van der Waals surface area contributed by atoms with Crippen LogP contribution in [0.25, 0.3) is 15.2 Å². The molecular formula is C30H36FN5O5S. The van der Waals surface area contributed by atoms with Crippen LogP contribution in [-0.2, 0) is 28.0 Å². The summed E-state index contributed by atoms with van der Waals surface area (Å²) in [4.78, 5) is 43.4. The van der Waals surface area contributed by atoms with Gasteiger partial charge in [-0.15, -0.1) is 4.80 Å². The topological polar surface area (TPSA) is 110 Å². The molecule has 5 rings (SSSR count). The maximum absolute atomic E-state index is 14.4. The Morgan fingerprint density at radius 3 is 2.55 bits per heavy atom. The summed E-state index contributed by atoms with van der Waals surface area (Å²) in [5.41, 5.74) is -1.30. The number of fused-ring (bicyclic) bond motifs is 1. The van der Waals surface area contributed by atoms with Gasteiger partial charge in [0.05, 0.1) is 31.0 Å². The van der Waals surface area contributed by atoms with Gasteiger partial charge < -0.3 is 9.47 Å². The van der Waals surface area contributed by atoms with Crippen molar-refractivity contribution in [3.63, 3.8) is 0 Å². The van der Waals surface area contributed by atoms with Gasteiger partial charge in [0, 0.05) is 31.4 Å². The van der Waals surface area contributed by atoms with Gasteiger partial charge in [0.15, 0.2) is 5.78 Å². The van der Waals surface area contributed by atoms with Gasteiger partial charge in [-0.3, -0.25) is 14.2 Å². The van der Waals surface area contributed by atoms with Crippen molar-refractivity contribution in [3.8, 4) is 10.8 Å². The Hall–Kier alpha value is -3.64. The van der Waals surface area contributed by atoms with Crippen molar-refractivity contribution in [2.45, 2.75) is 78.5 Å². The zero-order chi connectivity index (χ0) is 30.2. The molecule has 0 bridgehead atoms. The number of rotatable bonds is 10. The number of carbonyl (C=O) groups excluding carboxylic acids is 1. The van der Waals surface area contributed by atoms with Crippen LogP contribution >= 0.6 is 11.3 Å². The second-order valence-electron chi connectivity index (χ2n) is 11.6. The van der Waals surface area contributed by atoms with Crippen LogP contribution in [0.15, 0.2) is 40.2 Å². The zero-order valence-corrected chi connectivity index (χ0v) is 25.4. The Kier molecular flexibility index (Phi) is 8.47. The Balaban J connectivity index is 1.63. The molecule has 1 fully saturated rings. The molecule has 10 nitrogen and oxygen atoms in total. The van der Waals surface area contributed by atoms with Crippen molar-refractivity contribution in [1.82, 2.24) is 24.1 Å². The van der Waals surface area contributed by atoms with Crippen LogP contribution in [0.5, 0.6) is 5.75 Å². The SMILES string of the molecule is Cc1c(-n2nccn2)sc2c1c(=O)n(C(C)(C)C(=O)CC(C)C)c(=O)n2CCc1cc(F)ccc1OC1CCOCC1. The molecule has 1 aliphatic rings. The molecule has 0 unspecified atom stereocenters. The van der Waals surface area contributed by atoms with Crippen molar-refractivity contribution in [1.29, 1.82) is 0 Å². The molecule has 0 atom stereocenters. The van der Waals surface area contributed by atoms with Gasteiger partial charge in [-0.05, 0) is 56.9 Å². The minimum atomic E-state index is -1.39. The van der Waals surface area contributed by atoms with E-state index in [-0.39, 0.29) is 37.2 Å². The van der Waals surface area contributed by atoms with Gasteiger partial charge in [-0.2, -0.15) is 10.2 Å². The summed E-state index contributed by atoms with van der Waals surface area (Å²) in [5.74, 6) is -0.00831. The summed E-state index contributed by atoms with van der Waals surface area (Å²) in [6.45, 7) is 10.2. The van der Waals surface area contributed by atoms with Crippen molar-refractivity contribution >= 4 is 27.3 Å². The van der Waals surface area contributed by atoms with Crippen LogP contribution in [0.3, 0.4) is 0 Å². The first-order valence-electron chi connectivity index (χ1n) is 14.2. The molecule has 4 aromatic rings. The minimum absolute atomic E-state index is 0.0452. The van der Waals surface area contributed by atoms with E-state index in [9.17, 15) is 18.8 Å². The van der Waals surface area contributed by atoms with E-state index in [0.29, 0.717) is 45.3 Å². The van der Waals surface area contributed by atoms with Crippen LogP contribution in [0.2, 0.25) is 0 Å². The molecule has 12 heteroatoms. The molecule has 3 aromatic heterocycles. The van der Waals surface area contributed by atoms with Gasteiger partial charge in [-0.1, -0.05) is 25.2 Å². The number of carbonyl (C=O) groups is 1. The van der Waals surface area contributed by atoms with E-state index in [1.807, 2.05) is 13.8 Å². The molecule has 4 heterocycles. The smallest absolute Gasteiger partial charge is 0.332 e. The van der Waals surface area contributed by atoms with Crippen molar-refractivity contribution in [3.05, 3.63) is 68.4 Å². The Morgan fingerprint density at radius 1 is 1.19 bits per heavy atom. The van der Waals surface area contributed by atoms with Gasteiger partial charge in [0.2, 0.25) is 0 Å². The quantitative estimate of drug-likeness (QED) is 0.266. The van der Waals surface area contributed by atoms with Gasteiger partial charge in [0.25, 0.3) is 5.56 Å². The van der Waals surface area contributed by atoms with Crippen LogP contribution in [0.1, 0.15) is 58.1 Å². The average Bonchev–Trinajstić information content (AvgIpc) is 3.58. The summed E-state index contributed by atoms with van der Waals surface area (Å²) >= 11 is 1.23. The van der Waals surface area contributed by atoms with E-state index in [4.69, 9.17) is 9.47 Å². The number of aryl methyl sites for hydroxylation is 3. The highest BCUT2D eigenvalue weighted by Gasteiger charge is 2.35. The maximum Gasteiger partial charge on any atom is 0.332 e. The van der Waals surface area contributed by atoms with E-state index in [0.717, 1.165) is 17.4 Å². The summed E-state index contributed by atoms with van der Waals surface area (Å²) in [6.07, 6.45) is 4.98. The lowest BCUT2D eigenvalue weighted by atomic mass is 9.91. The lowest BCUT2D eigenvalue weighted by Gasteiger charge is -2.27. The van der Waals surface area contributed by atoms with Crippen LogP contribution in [-0.4, -0.2) is 49.2 Å². The number of hydrogen-bond donors (Lipinski definition) is 0. The second kappa shape index (κ2) is 11.9. The van der Waals surface area contributed by atoms with Crippen LogP contribution in [0, 0.1) is 18.7 Å².